The van der Waals surface area contributed by atoms with Gasteiger partial charge in [-0.1, -0.05) is 17.7 Å². The van der Waals surface area contributed by atoms with Crippen LogP contribution in [0, 0.1) is 12.8 Å². The maximum absolute atomic E-state index is 11.3. The van der Waals surface area contributed by atoms with E-state index in [-0.39, 0.29) is 23.1 Å². The molecule has 4 rings (SSSR count). The Balaban J connectivity index is 1.85. The summed E-state index contributed by atoms with van der Waals surface area (Å²) in [5.41, 5.74) is 2.82. The van der Waals surface area contributed by atoms with Gasteiger partial charge in [0.2, 0.25) is 0 Å². The van der Waals surface area contributed by atoms with Gasteiger partial charge < -0.3 is 24.8 Å². The van der Waals surface area contributed by atoms with Crippen LogP contribution in [0.1, 0.15) is 30.9 Å². The van der Waals surface area contributed by atoms with E-state index in [9.17, 15) is 5.11 Å². The van der Waals surface area contributed by atoms with E-state index in [0.29, 0.717) is 16.8 Å². The van der Waals surface area contributed by atoms with Crippen LogP contribution < -0.4 is 10.1 Å². The zero-order valence-corrected chi connectivity index (χ0v) is 20.2. The molecule has 1 aliphatic heterocycles. The van der Waals surface area contributed by atoms with Crippen molar-refractivity contribution in [3.8, 4) is 11.5 Å². The zero-order valence-electron chi connectivity index (χ0n) is 19.5. The largest absolute Gasteiger partial charge is 0.504 e. The molecule has 1 heterocycles. The van der Waals surface area contributed by atoms with Crippen LogP contribution in [0.2, 0.25) is 5.02 Å². The molecular formula is C26H33ClN2O3. The van der Waals surface area contributed by atoms with Gasteiger partial charge in [-0.25, -0.2) is 0 Å². The number of aryl methyl sites for hydroxylation is 1. The second-order valence-electron chi connectivity index (χ2n) is 9.14. The number of ether oxygens (including phenoxy) is 2. The van der Waals surface area contributed by atoms with Gasteiger partial charge >= 0.3 is 0 Å². The topological polar surface area (TPSA) is 54.0 Å². The van der Waals surface area contributed by atoms with Crippen molar-refractivity contribution in [2.45, 2.75) is 44.2 Å². The minimum Gasteiger partial charge on any atom is -0.504 e. The lowest BCUT2D eigenvalue weighted by Crippen LogP contribution is -2.57. The highest BCUT2D eigenvalue weighted by Crippen LogP contribution is 2.55. The summed E-state index contributed by atoms with van der Waals surface area (Å²) in [6, 6.07) is 11.9. The number of likely N-dealkylation sites (tertiary alicyclic amines) is 1. The van der Waals surface area contributed by atoms with Gasteiger partial charge in [0.25, 0.3) is 0 Å². The molecule has 5 nitrogen and oxygen atoms in total. The number of anilines is 1. The third kappa shape index (κ3) is 3.82. The van der Waals surface area contributed by atoms with E-state index >= 15 is 0 Å². The summed E-state index contributed by atoms with van der Waals surface area (Å²) in [7, 11) is 5.52. The lowest BCUT2D eigenvalue weighted by atomic mass is 9.57. The van der Waals surface area contributed by atoms with E-state index in [1.165, 1.54) is 0 Å². The Labute approximate surface area is 196 Å². The van der Waals surface area contributed by atoms with E-state index in [0.717, 1.165) is 42.0 Å². The molecule has 32 heavy (non-hydrogen) atoms. The third-order valence-corrected chi connectivity index (χ3v) is 7.76. The molecule has 2 aromatic carbocycles. The molecule has 0 bridgehead atoms. The predicted octanol–water partition coefficient (Wildman–Crippen LogP) is 5.36. The molecule has 172 valence electrons. The Hall–Kier alpha value is -2.37. The average molecular weight is 457 g/mol. The van der Waals surface area contributed by atoms with Gasteiger partial charge in [-0.15, -0.1) is 0 Å². The van der Waals surface area contributed by atoms with Gasteiger partial charge in [0.15, 0.2) is 11.5 Å². The normalized spacial score (nSPS) is 27.9. The number of nitrogens with one attached hydrogen (secondary N) is 1. The fourth-order valence-electron chi connectivity index (χ4n) is 5.72. The number of fused-ring (bicyclic) bond motifs is 1. The Morgan fingerprint density at radius 1 is 1.12 bits per heavy atom. The first-order valence-corrected chi connectivity index (χ1v) is 11.5. The third-order valence-electron chi connectivity index (χ3n) is 7.51. The molecule has 0 amide bonds. The summed E-state index contributed by atoms with van der Waals surface area (Å²) in [4.78, 5) is 2.40. The lowest BCUT2D eigenvalue weighted by Gasteiger charge is -2.54. The van der Waals surface area contributed by atoms with Gasteiger partial charge in [0.1, 0.15) is 5.76 Å². The van der Waals surface area contributed by atoms with Gasteiger partial charge in [0, 0.05) is 33.6 Å². The summed E-state index contributed by atoms with van der Waals surface area (Å²) in [5, 5.41) is 15.7. The smallest absolute Gasteiger partial charge is 0.161 e. The highest BCUT2D eigenvalue weighted by molar-refractivity contribution is 6.30. The van der Waals surface area contributed by atoms with Crippen molar-refractivity contribution < 1.29 is 14.6 Å². The predicted molar refractivity (Wildman–Crippen MR) is 130 cm³/mol. The summed E-state index contributed by atoms with van der Waals surface area (Å²) in [6.07, 6.45) is 4.02. The summed E-state index contributed by atoms with van der Waals surface area (Å²) in [5.74, 6) is 1.90. The van der Waals surface area contributed by atoms with Crippen LogP contribution in [0.15, 0.2) is 48.2 Å². The standard InChI is InChI=1S/C26H33ClN2O3/c1-16-6-11-22(31-4)25(30)24(16)26-12-13-29(3)17(2)20(26)14-23(32-5)21(15-26)28-19-9-7-18(27)8-10-19/h6-11,14,17,20-21,28,30H,12-13,15H2,1-5H3. The SMILES string of the molecule is COC1=CC2C(C)N(C)CCC2(c2c(C)ccc(OC)c2O)CC1Nc1ccc(Cl)cc1. The van der Waals surface area contributed by atoms with Gasteiger partial charge in [0.05, 0.1) is 20.3 Å². The van der Waals surface area contributed by atoms with Crippen molar-refractivity contribution in [3.63, 3.8) is 0 Å². The molecular weight excluding hydrogens is 424 g/mol. The molecule has 4 unspecified atom stereocenters. The van der Waals surface area contributed by atoms with Crippen molar-refractivity contribution in [1.29, 1.82) is 0 Å². The number of phenols is 1. The molecule has 2 N–H and O–H groups in total. The molecule has 2 aromatic rings. The highest BCUT2D eigenvalue weighted by Gasteiger charge is 2.52. The summed E-state index contributed by atoms with van der Waals surface area (Å²) < 4.78 is 11.4. The number of aromatic hydroxyl groups is 1. The Bertz CT molecular complexity index is 1010. The number of nitrogens with zero attached hydrogens (tertiary/aromatic N) is 1. The van der Waals surface area contributed by atoms with Crippen LogP contribution in [-0.4, -0.2) is 49.9 Å². The van der Waals surface area contributed by atoms with Crippen LogP contribution in [0.25, 0.3) is 0 Å². The average Bonchev–Trinajstić information content (AvgIpc) is 2.78. The molecule has 0 aromatic heterocycles. The molecule has 2 aliphatic rings. The first-order valence-electron chi connectivity index (χ1n) is 11.2. The van der Waals surface area contributed by atoms with Gasteiger partial charge in [-0.05, 0) is 82.3 Å². The number of phenolic OH excluding ortho intramolecular Hbond substituents is 1. The van der Waals surface area contributed by atoms with Gasteiger partial charge in [-0.3, -0.25) is 0 Å². The maximum Gasteiger partial charge on any atom is 0.161 e. The lowest BCUT2D eigenvalue weighted by molar-refractivity contribution is 0.0544. The van der Waals surface area contributed by atoms with Crippen molar-refractivity contribution in [2.24, 2.45) is 5.92 Å². The highest BCUT2D eigenvalue weighted by atomic mass is 35.5. The van der Waals surface area contributed by atoms with Crippen LogP contribution >= 0.6 is 11.6 Å². The summed E-state index contributed by atoms with van der Waals surface area (Å²) in [6.45, 7) is 5.31. The molecule has 4 atom stereocenters. The van der Waals surface area contributed by atoms with E-state index in [2.05, 4.69) is 43.3 Å². The van der Waals surface area contributed by atoms with Crippen LogP contribution in [-0.2, 0) is 10.2 Å². The number of halogens is 1. The van der Waals surface area contributed by atoms with Crippen molar-refractivity contribution >= 4 is 17.3 Å². The van der Waals surface area contributed by atoms with Crippen molar-refractivity contribution in [3.05, 3.63) is 64.4 Å². The monoisotopic (exact) mass is 456 g/mol. The molecule has 1 saturated heterocycles. The molecule has 6 heteroatoms. The van der Waals surface area contributed by atoms with Crippen LogP contribution in [0.3, 0.4) is 0 Å². The molecule has 0 spiro atoms. The van der Waals surface area contributed by atoms with E-state index < -0.39 is 0 Å². The Kier molecular flexibility index (Phi) is 6.33. The van der Waals surface area contributed by atoms with Crippen LogP contribution in [0.4, 0.5) is 5.69 Å². The number of benzene rings is 2. The molecule has 0 radical (unpaired) electrons. The number of hydrogen-bond donors (Lipinski definition) is 2. The molecule has 1 aliphatic carbocycles. The van der Waals surface area contributed by atoms with Crippen LogP contribution in [0.5, 0.6) is 11.5 Å². The molecule has 0 saturated carbocycles. The van der Waals surface area contributed by atoms with E-state index in [1.807, 2.05) is 30.3 Å². The Morgan fingerprint density at radius 2 is 1.84 bits per heavy atom. The number of piperidine rings is 1. The first-order chi connectivity index (χ1) is 15.3. The maximum atomic E-state index is 11.3. The number of hydrogen-bond acceptors (Lipinski definition) is 5. The number of rotatable bonds is 5. The zero-order chi connectivity index (χ0) is 23.0. The minimum atomic E-state index is -0.249. The van der Waals surface area contributed by atoms with Crippen molar-refractivity contribution in [2.75, 3.05) is 33.1 Å². The molecule has 1 fully saturated rings. The van der Waals surface area contributed by atoms with Gasteiger partial charge in [-0.2, -0.15) is 0 Å². The fourth-order valence-corrected chi connectivity index (χ4v) is 5.84. The Morgan fingerprint density at radius 3 is 2.50 bits per heavy atom. The van der Waals surface area contributed by atoms with E-state index in [1.54, 1.807) is 14.2 Å². The van der Waals surface area contributed by atoms with Crippen molar-refractivity contribution in [1.82, 2.24) is 4.90 Å². The quantitative estimate of drug-likeness (QED) is 0.634. The first kappa shape index (κ1) is 22.8. The minimum absolute atomic E-state index is 0.0296. The number of methoxy groups -OCH3 is 2. The second kappa shape index (κ2) is 8.87. The fraction of sp³-hybridized carbons (Fsp3) is 0.462. The van der Waals surface area contributed by atoms with E-state index in [4.69, 9.17) is 21.1 Å². The second-order valence-corrected chi connectivity index (χ2v) is 9.58. The summed E-state index contributed by atoms with van der Waals surface area (Å²) >= 11 is 6.09.